The van der Waals surface area contributed by atoms with E-state index in [1.165, 1.54) is 25.0 Å². The van der Waals surface area contributed by atoms with Gasteiger partial charge in [0.15, 0.2) is 0 Å². The topological polar surface area (TPSA) is 82.1 Å². The Morgan fingerprint density at radius 1 is 1.03 bits per heavy atom. The average molecular weight is 489 g/mol. The molecular formula is C27H33FN8. The summed E-state index contributed by atoms with van der Waals surface area (Å²) in [6.07, 6.45) is 4.02. The maximum Gasteiger partial charge on any atom is 0.226 e. The minimum atomic E-state index is -0.239. The van der Waals surface area contributed by atoms with Crippen LogP contribution in [0.15, 0.2) is 36.7 Å². The summed E-state index contributed by atoms with van der Waals surface area (Å²) in [6, 6.07) is 9.04. The molecule has 1 aliphatic carbocycles. The van der Waals surface area contributed by atoms with Crippen molar-refractivity contribution >= 4 is 29.1 Å². The molecule has 36 heavy (non-hydrogen) atoms. The van der Waals surface area contributed by atoms with Crippen LogP contribution in [0, 0.1) is 24.6 Å². The Kier molecular flexibility index (Phi) is 5.46. The smallest absolute Gasteiger partial charge is 0.226 e. The van der Waals surface area contributed by atoms with Crippen molar-refractivity contribution in [2.45, 2.75) is 45.1 Å². The van der Waals surface area contributed by atoms with Crippen LogP contribution in [0.5, 0.6) is 0 Å². The molecule has 3 aromatic rings. The number of aromatic nitrogens is 4. The van der Waals surface area contributed by atoms with E-state index in [1.807, 2.05) is 26.1 Å². The molecule has 9 heteroatoms. The van der Waals surface area contributed by atoms with Gasteiger partial charge in [-0.15, -0.1) is 0 Å². The molecule has 1 aromatic carbocycles. The Morgan fingerprint density at radius 2 is 1.75 bits per heavy atom. The van der Waals surface area contributed by atoms with Crippen LogP contribution in [-0.2, 0) is 5.41 Å². The average Bonchev–Trinajstić information content (AvgIpc) is 3.25. The number of aryl methyl sites for hydroxylation is 1. The van der Waals surface area contributed by atoms with Gasteiger partial charge in [-0.2, -0.15) is 9.97 Å². The molecule has 2 N–H and O–H groups in total. The highest BCUT2D eigenvalue weighted by atomic mass is 19.1. The quantitative estimate of drug-likeness (QED) is 0.543. The molecule has 2 bridgehead atoms. The molecule has 2 aromatic heterocycles. The van der Waals surface area contributed by atoms with Crippen LogP contribution in [-0.4, -0.2) is 52.7 Å². The summed E-state index contributed by atoms with van der Waals surface area (Å²) in [6.45, 7) is 9.10. The SMILES string of the molecule is CNc1nc(N[C@H]2[C@@H]3CC[C@H]2CN(c2cc(C)ncn2)C3)nc2c1C(C)(C)CN2c1ccc(F)cc1. The third-order valence-corrected chi connectivity index (χ3v) is 7.99. The summed E-state index contributed by atoms with van der Waals surface area (Å²) in [5.41, 5.74) is 2.87. The lowest BCUT2D eigenvalue weighted by molar-refractivity contribution is 0.375. The van der Waals surface area contributed by atoms with Gasteiger partial charge in [-0.1, -0.05) is 13.8 Å². The Bertz CT molecular complexity index is 1260. The minimum absolute atomic E-state index is 0.152. The zero-order valence-electron chi connectivity index (χ0n) is 21.3. The normalized spacial score (nSPS) is 24.1. The van der Waals surface area contributed by atoms with Crippen molar-refractivity contribution in [3.63, 3.8) is 0 Å². The van der Waals surface area contributed by atoms with Crippen LogP contribution in [0.25, 0.3) is 0 Å². The van der Waals surface area contributed by atoms with Gasteiger partial charge >= 0.3 is 0 Å². The van der Waals surface area contributed by atoms with Gasteiger partial charge in [-0.3, -0.25) is 0 Å². The molecule has 3 aliphatic rings. The molecule has 0 amide bonds. The fourth-order valence-electron chi connectivity index (χ4n) is 6.30. The van der Waals surface area contributed by atoms with Crippen molar-refractivity contribution in [1.82, 2.24) is 19.9 Å². The second-order valence-electron chi connectivity index (χ2n) is 11.0. The number of anilines is 5. The molecule has 0 unspecified atom stereocenters. The van der Waals surface area contributed by atoms with Gasteiger partial charge < -0.3 is 20.4 Å². The molecular weight excluding hydrogens is 455 g/mol. The van der Waals surface area contributed by atoms with E-state index in [9.17, 15) is 4.39 Å². The first-order chi connectivity index (χ1) is 17.3. The highest BCUT2D eigenvalue weighted by molar-refractivity contribution is 5.75. The molecule has 1 saturated carbocycles. The van der Waals surface area contributed by atoms with Gasteiger partial charge in [0.25, 0.3) is 0 Å². The van der Waals surface area contributed by atoms with Crippen LogP contribution in [0.1, 0.15) is 37.9 Å². The third kappa shape index (κ3) is 3.90. The van der Waals surface area contributed by atoms with E-state index in [0.717, 1.165) is 54.0 Å². The number of hydrogen-bond donors (Lipinski definition) is 2. The standard InChI is InChI=1S/C27H33FN8/c1-16-11-21(31-15-30-16)35-12-17-5-6-18(13-35)23(17)32-26-33-24(29-4)22-25(34-26)36(14-27(22,2)3)20-9-7-19(28)8-10-20/h7-11,15,17-18,23H,5-6,12-14H2,1-4H3,(H2,29,32,33,34)/t17-,18+,23+. The number of nitrogens with zero attached hydrogens (tertiary/aromatic N) is 6. The fourth-order valence-corrected chi connectivity index (χ4v) is 6.30. The molecule has 8 nitrogen and oxygen atoms in total. The van der Waals surface area contributed by atoms with Crippen LogP contribution >= 0.6 is 0 Å². The number of nitrogens with one attached hydrogen (secondary N) is 2. The number of piperidine rings is 1. The monoisotopic (exact) mass is 488 g/mol. The van der Waals surface area contributed by atoms with Gasteiger partial charge in [-0.25, -0.2) is 14.4 Å². The van der Waals surface area contributed by atoms with Crippen LogP contribution in [0.3, 0.4) is 0 Å². The molecule has 188 valence electrons. The first-order valence-corrected chi connectivity index (χ1v) is 12.8. The largest absolute Gasteiger partial charge is 0.373 e. The first kappa shape index (κ1) is 22.9. The number of fused-ring (bicyclic) bond motifs is 3. The Balaban J connectivity index is 1.29. The fraction of sp³-hybridized carbons (Fsp3) is 0.481. The van der Waals surface area contributed by atoms with Gasteiger partial charge in [-0.05, 0) is 55.9 Å². The Morgan fingerprint density at radius 3 is 2.42 bits per heavy atom. The van der Waals surface area contributed by atoms with Gasteiger partial charge in [0.2, 0.25) is 5.95 Å². The van der Waals surface area contributed by atoms with Crippen LogP contribution in [0.4, 0.5) is 33.5 Å². The van der Waals surface area contributed by atoms with Crippen LogP contribution in [0.2, 0.25) is 0 Å². The van der Waals surface area contributed by atoms with Gasteiger partial charge in [0.1, 0.15) is 29.6 Å². The van der Waals surface area contributed by atoms with E-state index >= 15 is 0 Å². The van der Waals surface area contributed by atoms with E-state index in [4.69, 9.17) is 9.97 Å². The zero-order valence-corrected chi connectivity index (χ0v) is 21.3. The molecule has 2 aliphatic heterocycles. The van der Waals surface area contributed by atoms with Crippen LogP contribution < -0.4 is 20.4 Å². The van der Waals surface area contributed by atoms with Crippen molar-refractivity contribution in [1.29, 1.82) is 0 Å². The lowest BCUT2D eigenvalue weighted by Gasteiger charge is -2.39. The molecule has 3 atom stereocenters. The minimum Gasteiger partial charge on any atom is -0.373 e. The highest BCUT2D eigenvalue weighted by Gasteiger charge is 2.44. The van der Waals surface area contributed by atoms with E-state index < -0.39 is 0 Å². The maximum atomic E-state index is 13.6. The lowest BCUT2D eigenvalue weighted by atomic mass is 9.88. The summed E-state index contributed by atoms with van der Waals surface area (Å²) in [5.74, 6) is 4.15. The number of halogens is 1. The molecule has 6 rings (SSSR count). The van der Waals surface area contributed by atoms with Gasteiger partial charge in [0, 0.05) is 61.1 Å². The van der Waals surface area contributed by atoms with Crippen molar-refractivity contribution in [3.8, 4) is 0 Å². The van der Waals surface area contributed by atoms with E-state index in [-0.39, 0.29) is 11.2 Å². The number of benzene rings is 1. The molecule has 0 radical (unpaired) electrons. The Labute approximate surface area is 211 Å². The van der Waals surface area contributed by atoms with Crippen molar-refractivity contribution in [2.75, 3.05) is 47.1 Å². The molecule has 2 fully saturated rings. The third-order valence-electron chi connectivity index (χ3n) is 7.99. The van der Waals surface area contributed by atoms with Crippen molar-refractivity contribution in [3.05, 3.63) is 53.7 Å². The van der Waals surface area contributed by atoms with E-state index in [0.29, 0.717) is 23.8 Å². The second kappa shape index (κ2) is 8.57. The van der Waals surface area contributed by atoms with E-state index in [2.05, 4.69) is 50.3 Å². The van der Waals surface area contributed by atoms with E-state index in [1.54, 1.807) is 6.33 Å². The Hall–Kier alpha value is -3.49. The lowest BCUT2D eigenvalue weighted by Crippen LogP contribution is -2.48. The first-order valence-electron chi connectivity index (χ1n) is 12.8. The predicted octanol–water partition coefficient (Wildman–Crippen LogP) is 4.51. The zero-order chi connectivity index (χ0) is 25.0. The second-order valence-corrected chi connectivity index (χ2v) is 11.0. The maximum absolute atomic E-state index is 13.6. The molecule has 4 heterocycles. The van der Waals surface area contributed by atoms with Crippen molar-refractivity contribution < 1.29 is 4.39 Å². The summed E-state index contributed by atoms with van der Waals surface area (Å²) < 4.78 is 13.6. The summed E-state index contributed by atoms with van der Waals surface area (Å²) >= 11 is 0. The summed E-state index contributed by atoms with van der Waals surface area (Å²) in [4.78, 5) is 23.3. The number of rotatable bonds is 5. The summed E-state index contributed by atoms with van der Waals surface area (Å²) in [5, 5.41) is 7.04. The highest BCUT2D eigenvalue weighted by Crippen LogP contribution is 2.47. The number of hydrogen-bond acceptors (Lipinski definition) is 8. The van der Waals surface area contributed by atoms with Gasteiger partial charge in [0.05, 0.1) is 0 Å². The summed E-state index contributed by atoms with van der Waals surface area (Å²) in [7, 11) is 1.91. The molecule has 0 spiro atoms. The predicted molar refractivity (Wildman–Crippen MR) is 141 cm³/mol. The van der Waals surface area contributed by atoms with Crippen molar-refractivity contribution in [2.24, 2.45) is 11.8 Å². The molecule has 1 saturated heterocycles.